The van der Waals surface area contributed by atoms with Crippen molar-refractivity contribution in [2.75, 3.05) is 18.8 Å². The van der Waals surface area contributed by atoms with Crippen LogP contribution in [0.1, 0.15) is 29.0 Å². The standard InChI is InChI=1S/C30H31NO3S.ClH/c32-35(33,28-8-2-1-3-9-28)19-17-23-10-14-26(15-11-23)29-16-18-31-21-30(29)34-22-24-12-13-25-6-4-5-7-27(25)20-24;/h1-15,20,29-31H,16-19,21-22H2;1H. The number of ether oxygens (including phenoxy) is 1. The number of hydrogen-bond acceptors (Lipinski definition) is 4. The van der Waals surface area contributed by atoms with Crippen LogP contribution in [-0.2, 0) is 27.6 Å². The van der Waals surface area contributed by atoms with Gasteiger partial charge in [-0.3, -0.25) is 0 Å². The summed E-state index contributed by atoms with van der Waals surface area (Å²) in [5.74, 6) is 0.431. The highest BCUT2D eigenvalue weighted by Gasteiger charge is 2.27. The summed E-state index contributed by atoms with van der Waals surface area (Å²) in [6, 6.07) is 32.0. The van der Waals surface area contributed by atoms with E-state index in [2.05, 4.69) is 72.0 Å². The largest absolute Gasteiger partial charge is 0.372 e. The minimum absolute atomic E-state index is 0. The van der Waals surface area contributed by atoms with Gasteiger partial charge in [0, 0.05) is 12.5 Å². The van der Waals surface area contributed by atoms with Crippen molar-refractivity contribution in [2.24, 2.45) is 0 Å². The van der Waals surface area contributed by atoms with Crippen LogP contribution in [0.2, 0.25) is 0 Å². The second-order valence-corrected chi connectivity index (χ2v) is 11.4. The molecule has 0 amide bonds. The molecular formula is C30H32ClNO3S. The van der Waals surface area contributed by atoms with E-state index in [4.69, 9.17) is 4.74 Å². The first kappa shape index (κ1) is 26.4. The first-order chi connectivity index (χ1) is 17.1. The first-order valence-corrected chi connectivity index (χ1v) is 13.9. The normalized spacial score (nSPS) is 18.0. The number of halogens is 1. The Hall–Kier alpha value is -2.70. The molecule has 1 saturated heterocycles. The van der Waals surface area contributed by atoms with Crippen LogP contribution in [0.4, 0.5) is 0 Å². The highest BCUT2D eigenvalue weighted by Crippen LogP contribution is 2.29. The first-order valence-electron chi connectivity index (χ1n) is 12.3. The quantitative estimate of drug-likeness (QED) is 0.312. The number of hydrogen-bond donors (Lipinski definition) is 1. The van der Waals surface area contributed by atoms with Crippen molar-refractivity contribution >= 4 is 33.0 Å². The van der Waals surface area contributed by atoms with Crippen LogP contribution < -0.4 is 5.32 Å². The lowest BCUT2D eigenvalue weighted by Gasteiger charge is -2.32. The third kappa shape index (κ3) is 6.34. The Balaban J connectivity index is 0.00000304. The molecule has 1 fully saturated rings. The van der Waals surface area contributed by atoms with Crippen molar-refractivity contribution in [1.82, 2.24) is 5.32 Å². The van der Waals surface area contributed by atoms with Gasteiger partial charge < -0.3 is 10.1 Å². The van der Waals surface area contributed by atoms with Crippen molar-refractivity contribution in [1.29, 1.82) is 0 Å². The number of fused-ring (bicyclic) bond motifs is 1. The number of rotatable bonds is 8. The third-order valence-corrected chi connectivity index (χ3v) is 8.61. The number of piperidine rings is 1. The van der Waals surface area contributed by atoms with E-state index in [0.29, 0.717) is 23.8 Å². The van der Waals surface area contributed by atoms with Crippen molar-refractivity contribution in [3.63, 3.8) is 0 Å². The summed E-state index contributed by atoms with van der Waals surface area (Å²) in [5.41, 5.74) is 3.48. The maximum absolute atomic E-state index is 12.6. The SMILES string of the molecule is Cl.O=S(=O)(CCc1ccc(C2CCNCC2OCc2ccc3ccccc3c2)cc1)c1ccccc1. The molecule has 188 valence electrons. The fourth-order valence-electron chi connectivity index (χ4n) is 4.85. The van der Waals surface area contributed by atoms with Crippen LogP contribution in [-0.4, -0.2) is 33.4 Å². The number of nitrogens with one attached hydrogen (secondary N) is 1. The summed E-state index contributed by atoms with van der Waals surface area (Å²) in [4.78, 5) is 0.387. The topological polar surface area (TPSA) is 55.4 Å². The Kier molecular flexibility index (Phi) is 8.81. The summed E-state index contributed by atoms with van der Waals surface area (Å²) in [7, 11) is -3.27. The smallest absolute Gasteiger partial charge is 0.178 e. The van der Waals surface area contributed by atoms with E-state index >= 15 is 0 Å². The molecule has 0 bridgehead atoms. The fourth-order valence-corrected chi connectivity index (χ4v) is 6.16. The van der Waals surface area contributed by atoms with Gasteiger partial charge in [0.15, 0.2) is 9.84 Å². The lowest BCUT2D eigenvalue weighted by atomic mass is 9.87. The van der Waals surface area contributed by atoms with E-state index < -0.39 is 9.84 Å². The maximum atomic E-state index is 12.6. The zero-order valence-electron chi connectivity index (χ0n) is 20.2. The summed E-state index contributed by atoms with van der Waals surface area (Å²) in [6.45, 7) is 2.38. The highest BCUT2D eigenvalue weighted by molar-refractivity contribution is 7.91. The van der Waals surface area contributed by atoms with E-state index in [1.54, 1.807) is 24.3 Å². The molecule has 5 rings (SSSR count). The van der Waals surface area contributed by atoms with Gasteiger partial charge in [-0.2, -0.15) is 0 Å². The summed E-state index contributed by atoms with van der Waals surface area (Å²) in [6.07, 6.45) is 1.62. The Morgan fingerprint density at radius 3 is 2.28 bits per heavy atom. The second kappa shape index (κ2) is 12.0. The molecule has 2 unspecified atom stereocenters. The predicted octanol–water partition coefficient (Wildman–Crippen LogP) is 5.94. The summed E-state index contributed by atoms with van der Waals surface area (Å²) < 4.78 is 31.6. The molecule has 1 aliphatic rings. The van der Waals surface area contributed by atoms with Crippen molar-refractivity contribution in [2.45, 2.75) is 36.4 Å². The average molecular weight is 522 g/mol. The average Bonchev–Trinajstić information content (AvgIpc) is 2.92. The summed E-state index contributed by atoms with van der Waals surface area (Å²) >= 11 is 0. The second-order valence-electron chi connectivity index (χ2n) is 9.25. The molecule has 0 radical (unpaired) electrons. The Morgan fingerprint density at radius 2 is 1.50 bits per heavy atom. The van der Waals surface area contributed by atoms with Crippen LogP contribution in [0.5, 0.6) is 0 Å². The molecule has 0 spiro atoms. The molecule has 6 heteroatoms. The summed E-state index contributed by atoms with van der Waals surface area (Å²) in [5, 5.41) is 5.95. The van der Waals surface area contributed by atoms with Crippen LogP contribution in [0, 0.1) is 0 Å². The van der Waals surface area contributed by atoms with E-state index in [1.807, 2.05) is 6.07 Å². The molecule has 0 aliphatic carbocycles. The Bertz CT molecular complexity index is 1370. The van der Waals surface area contributed by atoms with Gasteiger partial charge in [0.2, 0.25) is 0 Å². The van der Waals surface area contributed by atoms with E-state index in [0.717, 1.165) is 25.1 Å². The van der Waals surface area contributed by atoms with Gasteiger partial charge in [-0.1, -0.05) is 78.9 Å². The van der Waals surface area contributed by atoms with Gasteiger partial charge in [-0.05, 0) is 65.0 Å². The highest BCUT2D eigenvalue weighted by atomic mass is 35.5. The predicted molar refractivity (Wildman–Crippen MR) is 149 cm³/mol. The van der Waals surface area contributed by atoms with Gasteiger partial charge in [0.25, 0.3) is 0 Å². The zero-order chi connectivity index (χ0) is 24.1. The molecule has 1 aliphatic heterocycles. The van der Waals surface area contributed by atoms with Crippen molar-refractivity contribution in [3.05, 3.63) is 114 Å². The maximum Gasteiger partial charge on any atom is 0.178 e. The van der Waals surface area contributed by atoms with Gasteiger partial charge in [0.05, 0.1) is 23.4 Å². The Morgan fingerprint density at radius 1 is 0.806 bits per heavy atom. The molecule has 0 saturated carbocycles. The minimum atomic E-state index is -3.27. The van der Waals surface area contributed by atoms with Gasteiger partial charge in [-0.25, -0.2) is 8.42 Å². The molecular weight excluding hydrogens is 490 g/mol. The van der Waals surface area contributed by atoms with Gasteiger partial charge >= 0.3 is 0 Å². The lowest BCUT2D eigenvalue weighted by molar-refractivity contribution is 0.0106. The number of aryl methyl sites for hydroxylation is 1. The molecule has 4 aromatic carbocycles. The molecule has 4 nitrogen and oxygen atoms in total. The van der Waals surface area contributed by atoms with Gasteiger partial charge in [-0.15, -0.1) is 12.4 Å². The molecule has 0 aromatic heterocycles. The molecule has 1 heterocycles. The molecule has 1 N–H and O–H groups in total. The third-order valence-electron chi connectivity index (χ3n) is 6.87. The molecule has 2 atom stereocenters. The molecule has 36 heavy (non-hydrogen) atoms. The monoisotopic (exact) mass is 521 g/mol. The van der Waals surface area contributed by atoms with E-state index in [9.17, 15) is 8.42 Å². The molecule has 4 aromatic rings. The Labute approximate surface area is 220 Å². The number of sulfone groups is 1. The van der Waals surface area contributed by atoms with Crippen molar-refractivity contribution in [3.8, 4) is 0 Å². The fraction of sp³-hybridized carbons (Fsp3) is 0.267. The lowest BCUT2D eigenvalue weighted by Crippen LogP contribution is -2.40. The van der Waals surface area contributed by atoms with Crippen LogP contribution in [0.3, 0.4) is 0 Å². The van der Waals surface area contributed by atoms with Gasteiger partial charge in [0.1, 0.15) is 0 Å². The minimum Gasteiger partial charge on any atom is -0.372 e. The number of benzene rings is 4. The van der Waals surface area contributed by atoms with Crippen molar-refractivity contribution < 1.29 is 13.2 Å². The van der Waals surface area contributed by atoms with E-state index in [1.165, 1.54) is 21.9 Å². The van der Waals surface area contributed by atoms with Crippen LogP contribution in [0.15, 0.2) is 102 Å². The van der Waals surface area contributed by atoms with Crippen LogP contribution in [0.25, 0.3) is 10.8 Å². The van der Waals surface area contributed by atoms with Crippen LogP contribution >= 0.6 is 12.4 Å². The zero-order valence-corrected chi connectivity index (χ0v) is 21.8. The van der Waals surface area contributed by atoms with E-state index in [-0.39, 0.29) is 24.3 Å².